The van der Waals surface area contributed by atoms with E-state index in [2.05, 4.69) is 26.9 Å². The predicted molar refractivity (Wildman–Crippen MR) is 120 cm³/mol. The molecular weight excluding hydrogens is 406 g/mol. The lowest BCUT2D eigenvalue weighted by Gasteiger charge is -2.27. The maximum absolute atomic E-state index is 12.6. The van der Waals surface area contributed by atoms with Crippen molar-refractivity contribution in [3.63, 3.8) is 0 Å². The number of anilines is 1. The summed E-state index contributed by atoms with van der Waals surface area (Å²) < 4.78 is 11.4. The van der Waals surface area contributed by atoms with Crippen molar-refractivity contribution >= 4 is 12.0 Å². The van der Waals surface area contributed by atoms with Gasteiger partial charge in [0.2, 0.25) is 5.95 Å². The van der Waals surface area contributed by atoms with Gasteiger partial charge in [0.25, 0.3) is 0 Å². The van der Waals surface area contributed by atoms with Crippen LogP contribution in [0.25, 0.3) is 0 Å². The summed E-state index contributed by atoms with van der Waals surface area (Å²) in [5.74, 6) is 0.790. The number of nitrogens with zero attached hydrogens (tertiary/aromatic N) is 5. The summed E-state index contributed by atoms with van der Waals surface area (Å²) in [5.41, 5.74) is 1.80. The van der Waals surface area contributed by atoms with Gasteiger partial charge in [0.05, 0.1) is 25.5 Å². The summed E-state index contributed by atoms with van der Waals surface area (Å²) in [6.07, 6.45) is 4.43. The van der Waals surface area contributed by atoms with Gasteiger partial charge in [-0.25, -0.2) is 14.8 Å². The van der Waals surface area contributed by atoms with Crippen molar-refractivity contribution in [2.75, 3.05) is 50.8 Å². The van der Waals surface area contributed by atoms with Gasteiger partial charge >= 0.3 is 6.09 Å². The molecule has 1 atom stereocenters. The number of amides is 1. The first-order valence-electron chi connectivity index (χ1n) is 11.6. The van der Waals surface area contributed by atoms with Crippen LogP contribution in [-0.2, 0) is 22.6 Å². The Hall–Kier alpha value is -2.71. The van der Waals surface area contributed by atoms with Crippen LogP contribution in [0.15, 0.2) is 42.6 Å². The van der Waals surface area contributed by atoms with E-state index in [9.17, 15) is 4.79 Å². The second kappa shape index (κ2) is 9.42. The average molecular weight is 438 g/mol. The molecule has 3 saturated heterocycles. The first kappa shape index (κ1) is 21.2. The first-order valence-corrected chi connectivity index (χ1v) is 11.6. The SMILES string of the molecule is O=C1OC2(CCCN(Cc3ccnc(N4CCOCC4)n3)CC2)CN1Cc1ccccc1. The van der Waals surface area contributed by atoms with E-state index in [1.807, 2.05) is 35.4 Å². The van der Waals surface area contributed by atoms with Crippen LogP contribution in [0.2, 0.25) is 0 Å². The zero-order valence-electron chi connectivity index (χ0n) is 18.5. The van der Waals surface area contributed by atoms with E-state index in [1.165, 1.54) is 0 Å². The average Bonchev–Trinajstić information content (AvgIpc) is 3.00. The molecule has 32 heavy (non-hydrogen) atoms. The first-order chi connectivity index (χ1) is 15.7. The highest BCUT2D eigenvalue weighted by Crippen LogP contribution is 2.34. The number of aromatic nitrogens is 2. The molecule has 1 unspecified atom stereocenters. The van der Waals surface area contributed by atoms with Crippen molar-refractivity contribution in [3.8, 4) is 0 Å². The van der Waals surface area contributed by atoms with Crippen LogP contribution >= 0.6 is 0 Å². The van der Waals surface area contributed by atoms with Crippen molar-refractivity contribution in [3.05, 3.63) is 53.9 Å². The van der Waals surface area contributed by atoms with Crippen molar-refractivity contribution in [1.29, 1.82) is 0 Å². The molecule has 5 rings (SSSR count). The van der Waals surface area contributed by atoms with E-state index in [0.29, 0.717) is 13.1 Å². The van der Waals surface area contributed by atoms with Crippen LogP contribution in [0, 0.1) is 0 Å². The van der Waals surface area contributed by atoms with Gasteiger partial charge in [0, 0.05) is 45.3 Å². The van der Waals surface area contributed by atoms with Crippen LogP contribution in [-0.4, -0.2) is 77.4 Å². The Morgan fingerprint density at radius 1 is 0.969 bits per heavy atom. The van der Waals surface area contributed by atoms with Crippen molar-refractivity contribution in [1.82, 2.24) is 19.8 Å². The van der Waals surface area contributed by atoms with Gasteiger partial charge in [-0.1, -0.05) is 30.3 Å². The van der Waals surface area contributed by atoms with Gasteiger partial charge in [-0.3, -0.25) is 9.80 Å². The monoisotopic (exact) mass is 437 g/mol. The quantitative estimate of drug-likeness (QED) is 0.712. The zero-order valence-corrected chi connectivity index (χ0v) is 18.5. The Morgan fingerprint density at radius 2 is 1.81 bits per heavy atom. The Kier molecular flexibility index (Phi) is 6.23. The molecule has 1 amide bonds. The number of morpholine rings is 1. The molecule has 1 aromatic carbocycles. The summed E-state index contributed by atoms with van der Waals surface area (Å²) in [6, 6.07) is 12.1. The Bertz CT molecular complexity index is 921. The minimum absolute atomic E-state index is 0.187. The zero-order chi connectivity index (χ0) is 21.8. The molecule has 4 heterocycles. The molecule has 1 spiro atoms. The van der Waals surface area contributed by atoms with E-state index in [4.69, 9.17) is 14.5 Å². The highest BCUT2D eigenvalue weighted by Gasteiger charge is 2.45. The van der Waals surface area contributed by atoms with Gasteiger partial charge in [-0.2, -0.15) is 0 Å². The number of hydrogen-bond acceptors (Lipinski definition) is 7. The second-order valence-electron chi connectivity index (χ2n) is 8.97. The Labute approximate surface area is 189 Å². The molecule has 170 valence electrons. The van der Waals surface area contributed by atoms with Crippen LogP contribution in [0.3, 0.4) is 0 Å². The van der Waals surface area contributed by atoms with Gasteiger partial charge in [0.15, 0.2) is 0 Å². The normalized spacial score (nSPS) is 24.6. The van der Waals surface area contributed by atoms with Gasteiger partial charge in [0.1, 0.15) is 5.60 Å². The number of rotatable bonds is 5. The van der Waals surface area contributed by atoms with Gasteiger partial charge < -0.3 is 14.4 Å². The lowest BCUT2D eigenvalue weighted by atomic mass is 9.95. The number of likely N-dealkylation sites (tertiary alicyclic amines) is 1. The lowest BCUT2D eigenvalue weighted by Crippen LogP contribution is -2.37. The van der Waals surface area contributed by atoms with E-state index in [1.54, 1.807) is 0 Å². The molecule has 0 N–H and O–H groups in total. The molecule has 0 radical (unpaired) electrons. The number of carbonyl (C=O) groups is 1. The van der Waals surface area contributed by atoms with Gasteiger partial charge in [-0.15, -0.1) is 0 Å². The third-order valence-electron chi connectivity index (χ3n) is 6.63. The number of benzene rings is 1. The molecule has 8 heteroatoms. The van der Waals surface area contributed by atoms with Crippen LogP contribution in [0.1, 0.15) is 30.5 Å². The van der Waals surface area contributed by atoms with E-state index in [0.717, 1.165) is 82.4 Å². The molecule has 1 aromatic heterocycles. The molecule has 0 aliphatic carbocycles. The Morgan fingerprint density at radius 3 is 2.66 bits per heavy atom. The molecule has 0 saturated carbocycles. The van der Waals surface area contributed by atoms with Crippen LogP contribution in [0.5, 0.6) is 0 Å². The van der Waals surface area contributed by atoms with Gasteiger partial charge in [-0.05, 0) is 31.0 Å². The third kappa shape index (κ3) is 4.86. The lowest BCUT2D eigenvalue weighted by molar-refractivity contribution is 0.0442. The van der Waals surface area contributed by atoms with Crippen molar-refractivity contribution < 1.29 is 14.3 Å². The topological polar surface area (TPSA) is 71.0 Å². The van der Waals surface area contributed by atoms with Crippen LogP contribution < -0.4 is 4.90 Å². The van der Waals surface area contributed by atoms with Crippen molar-refractivity contribution in [2.24, 2.45) is 0 Å². The molecule has 2 aromatic rings. The number of ether oxygens (including phenoxy) is 2. The second-order valence-corrected chi connectivity index (χ2v) is 8.97. The fraction of sp³-hybridized carbons (Fsp3) is 0.542. The summed E-state index contributed by atoms with van der Waals surface area (Å²) in [4.78, 5) is 28.3. The highest BCUT2D eigenvalue weighted by molar-refractivity contribution is 5.70. The maximum Gasteiger partial charge on any atom is 0.410 e. The number of hydrogen-bond donors (Lipinski definition) is 0. The van der Waals surface area contributed by atoms with Crippen molar-refractivity contribution in [2.45, 2.75) is 38.0 Å². The molecule has 0 bridgehead atoms. The summed E-state index contributed by atoms with van der Waals surface area (Å²) in [5, 5.41) is 0. The summed E-state index contributed by atoms with van der Waals surface area (Å²) >= 11 is 0. The van der Waals surface area contributed by atoms with E-state index in [-0.39, 0.29) is 11.7 Å². The van der Waals surface area contributed by atoms with E-state index >= 15 is 0 Å². The third-order valence-corrected chi connectivity index (χ3v) is 6.63. The largest absolute Gasteiger partial charge is 0.441 e. The van der Waals surface area contributed by atoms with E-state index < -0.39 is 0 Å². The fourth-order valence-electron chi connectivity index (χ4n) is 4.88. The van der Waals surface area contributed by atoms with Crippen LogP contribution in [0.4, 0.5) is 10.7 Å². The molecule has 8 nitrogen and oxygen atoms in total. The molecule has 3 aliphatic heterocycles. The number of carbonyl (C=O) groups excluding carboxylic acids is 1. The minimum atomic E-state index is -0.370. The fourth-order valence-corrected chi connectivity index (χ4v) is 4.88. The predicted octanol–water partition coefficient (Wildman–Crippen LogP) is 2.69. The molecule has 3 aliphatic rings. The smallest absolute Gasteiger partial charge is 0.410 e. The Balaban J connectivity index is 1.19. The summed E-state index contributed by atoms with van der Waals surface area (Å²) in [6.45, 7) is 7.06. The minimum Gasteiger partial charge on any atom is -0.441 e. The summed E-state index contributed by atoms with van der Waals surface area (Å²) in [7, 11) is 0. The maximum atomic E-state index is 12.6. The standard InChI is InChI=1S/C24H31N5O3/c30-23-29(17-20-5-2-1-3-6-20)19-24(32-23)8-4-11-27(12-9-24)18-21-7-10-25-22(26-21)28-13-15-31-16-14-28/h1-3,5-7,10H,4,8-9,11-19H2. The highest BCUT2D eigenvalue weighted by atomic mass is 16.6. The molecular formula is C24H31N5O3. The molecule has 3 fully saturated rings.